The summed E-state index contributed by atoms with van der Waals surface area (Å²) < 4.78 is 10.8. The zero-order valence-electron chi connectivity index (χ0n) is 14.2. The van der Waals surface area contributed by atoms with E-state index in [1.165, 1.54) is 19.3 Å². The summed E-state index contributed by atoms with van der Waals surface area (Å²) in [6.45, 7) is 2.38. The van der Waals surface area contributed by atoms with E-state index in [1.54, 1.807) is 30.3 Å². The second-order valence-electron chi connectivity index (χ2n) is 5.14. The van der Waals surface area contributed by atoms with Crippen LogP contribution in [0.4, 0.5) is 5.69 Å². The first-order valence-electron chi connectivity index (χ1n) is 7.71. The van der Waals surface area contributed by atoms with Crippen molar-refractivity contribution in [1.29, 1.82) is 5.26 Å². The van der Waals surface area contributed by atoms with Gasteiger partial charge in [0, 0.05) is 11.8 Å². The van der Waals surface area contributed by atoms with E-state index < -0.39 is 5.91 Å². The smallest absolute Gasteiger partial charge is 0.266 e. The third-order valence-corrected chi connectivity index (χ3v) is 3.95. The topological polar surface area (TPSA) is 91.6 Å². The summed E-state index contributed by atoms with van der Waals surface area (Å²) in [6.07, 6.45) is 1.41. The predicted octanol–water partition coefficient (Wildman–Crippen LogP) is 4.11. The van der Waals surface area contributed by atoms with Gasteiger partial charge in [0.15, 0.2) is 11.5 Å². The second-order valence-corrected chi connectivity index (χ2v) is 5.99. The van der Waals surface area contributed by atoms with Crippen LogP contribution in [-0.4, -0.2) is 24.7 Å². The van der Waals surface area contributed by atoms with E-state index in [1.807, 2.05) is 13.0 Å². The molecule has 134 valence electrons. The first-order chi connectivity index (χ1) is 12.5. The molecule has 0 unspecified atom stereocenters. The molecular weight excluding hydrogens is 400 g/mol. The first kappa shape index (κ1) is 19.3. The standard InChI is InChI=1S/C19H17BrN2O4/c1-3-26-15-6-4-5-14(10-15)22-19(24)13(11-21)7-12-8-16(20)18(23)17(9-12)25-2/h4-10,23H,3H2,1-2H3,(H,22,24)/b13-7+. The van der Waals surface area contributed by atoms with Gasteiger partial charge in [-0.2, -0.15) is 5.26 Å². The SMILES string of the molecule is CCOc1cccc(NC(=O)/C(C#N)=C/c2cc(Br)c(O)c(OC)c2)c1. The molecule has 0 aromatic heterocycles. The van der Waals surface area contributed by atoms with Crippen molar-refractivity contribution in [3.05, 3.63) is 52.0 Å². The highest BCUT2D eigenvalue weighted by Crippen LogP contribution is 2.35. The van der Waals surface area contributed by atoms with Gasteiger partial charge in [-0.3, -0.25) is 4.79 Å². The number of nitriles is 1. The third-order valence-electron chi connectivity index (χ3n) is 3.35. The Kier molecular flexibility index (Phi) is 6.64. The fraction of sp³-hybridized carbons (Fsp3) is 0.158. The molecule has 1 amide bonds. The maximum atomic E-state index is 12.4. The maximum Gasteiger partial charge on any atom is 0.266 e. The van der Waals surface area contributed by atoms with Gasteiger partial charge in [0.05, 0.1) is 18.2 Å². The van der Waals surface area contributed by atoms with E-state index in [9.17, 15) is 15.2 Å². The number of aromatic hydroxyl groups is 1. The van der Waals surface area contributed by atoms with Crippen LogP contribution in [0.1, 0.15) is 12.5 Å². The molecule has 7 heteroatoms. The minimum absolute atomic E-state index is 0.0552. The van der Waals surface area contributed by atoms with Crippen molar-refractivity contribution in [2.75, 3.05) is 19.0 Å². The third kappa shape index (κ3) is 4.77. The number of amides is 1. The van der Waals surface area contributed by atoms with Gasteiger partial charge in [-0.1, -0.05) is 6.07 Å². The minimum Gasteiger partial charge on any atom is -0.503 e. The number of ether oxygens (including phenoxy) is 2. The Morgan fingerprint density at radius 3 is 2.81 bits per heavy atom. The average Bonchev–Trinajstić information content (AvgIpc) is 2.62. The molecule has 0 bridgehead atoms. The number of nitrogens with zero attached hydrogens (tertiary/aromatic N) is 1. The molecule has 0 heterocycles. The van der Waals surface area contributed by atoms with E-state index in [-0.39, 0.29) is 17.1 Å². The van der Waals surface area contributed by atoms with Crippen LogP contribution in [0.5, 0.6) is 17.2 Å². The number of benzene rings is 2. The Labute approximate surface area is 159 Å². The number of carbonyl (C=O) groups is 1. The number of phenols is 1. The highest BCUT2D eigenvalue weighted by Gasteiger charge is 2.12. The van der Waals surface area contributed by atoms with Gasteiger partial charge in [-0.05, 0) is 58.8 Å². The predicted molar refractivity (Wildman–Crippen MR) is 102 cm³/mol. The van der Waals surface area contributed by atoms with Crippen LogP contribution in [0.25, 0.3) is 6.08 Å². The van der Waals surface area contributed by atoms with Gasteiger partial charge in [-0.15, -0.1) is 0 Å². The zero-order chi connectivity index (χ0) is 19.1. The minimum atomic E-state index is -0.552. The Balaban J connectivity index is 2.26. The van der Waals surface area contributed by atoms with Crippen molar-refractivity contribution in [3.8, 4) is 23.3 Å². The molecule has 2 N–H and O–H groups in total. The van der Waals surface area contributed by atoms with E-state index in [0.717, 1.165) is 0 Å². The van der Waals surface area contributed by atoms with Crippen molar-refractivity contribution in [2.45, 2.75) is 6.92 Å². The molecular formula is C19H17BrN2O4. The molecule has 0 radical (unpaired) electrons. The van der Waals surface area contributed by atoms with Crippen molar-refractivity contribution in [3.63, 3.8) is 0 Å². The van der Waals surface area contributed by atoms with Gasteiger partial charge in [0.1, 0.15) is 17.4 Å². The molecule has 0 aliphatic heterocycles. The summed E-state index contributed by atoms with van der Waals surface area (Å²) in [5, 5.41) is 21.8. The van der Waals surface area contributed by atoms with E-state index in [2.05, 4.69) is 21.2 Å². The van der Waals surface area contributed by atoms with E-state index in [0.29, 0.717) is 28.1 Å². The lowest BCUT2D eigenvalue weighted by atomic mass is 10.1. The number of methoxy groups -OCH3 is 1. The lowest BCUT2D eigenvalue weighted by molar-refractivity contribution is -0.112. The largest absolute Gasteiger partial charge is 0.503 e. The average molecular weight is 417 g/mol. The summed E-state index contributed by atoms with van der Waals surface area (Å²) >= 11 is 3.21. The van der Waals surface area contributed by atoms with Crippen LogP contribution in [0.3, 0.4) is 0 Å². The number of halogens is 1. The van der Waals surface area contributed by atoms with Crippen LogP contribution in [-0.2, 0) is 4.79 Å². The molecule has 0 aliphatic carbocycles. The highest BCUT2D eigenvalue weighted by atomic mass is 79.9. The molecule has 6 nitrogen and oxygen atoms in total. The van der Waals surface area contributed by atoms with Crippen molar-refractivity contribution < 1.29 is 19.4 Å². The summed E-state index contributed by atoms with van der Waals surface area (Å²) in [4.78, 5) is 12.4. The zero-order valence-corrected chi connectivity index (χ0v) is 15.8. The van der Waals surface area contributed by atoms with Gasteiger partial charge >= 0.3 is 0 Å². The monoisotopic (exact) mass is 416 g/mol. The Bertz CT molecular complexity index is 888. The van der Waals surface area contributed by atoms with Crippen LogP contribution in [0.15, 0.2) is 46.4 Å². The Hall–Kier alpha value is -2.98. The van der Waals surface area contributed by atoms with Gasteiger partial charge in [0.2, 0.25) is 0 Å². The normalized spacial score (nSPS) is 10.8. The second kappa shape index (κ2) is 8.92. The van der Waals surface area contributed by atoms with Gasteiger partial charge in [0.25, 0.3) is 5.91 Å². The maximum absolute atomic E-state index is 12.4. The number of hydrogen-bond acceptors (Lipinski definition) is 5. The Morgan fingerprint density at radius 2 is 2.15 bits per heavy atom. The number of nitrogens with one attached hydrogen (secondary N) is 1. The lowest BCUT2D eigenvalue weighted by Gasteiger charge is -2.08. The van der Waals surface area contributed by atoms with E-state index >= 15 is 0 Å². The van der Waals surface area contributed by atoms with Crippen molar-refractivity contribution in [2.24, 2.45) is 0 Å². The molecule has 2 aromatic rings. The molecule has 2 aromatic carbocycles. The van der Waals surface area contributed by atoms with Gasteiger partial charge < -0.3 is 19.9 Å². The fourth-order valence-corrected chi connectivity index (χ4v) is 2.64. The molecule has 0 saturated carbocycles. The fourth-order valence-electron chi connectivity index (χ4n) is 2.18. The number of anilines is 1. The highest BCUT2D eigenvalue weighted by molar-refractivity contribution is 9.10. The molecule has 26 heavy (non-hydrogen) atoms. The lowest BCUT2D eigenvalue weighted by Crippen LogP contribution is -2.13. The van der Waals surface area contributed by atoms with Crippen LogP contribution >= 0.6 is 15.9 Å². The van der Waals surface area contributed by atoms with Crippen LogP contribution in [0, 0.1) is 11.3 Å². The van der Waals surface area contributed by atoms with E-state index in [4.69, 9.17) is 9.47 Å². The quantitative estimate of drug-likeness (QED) is 0.545. The van der Waals surface area contributed by atoms with Crippen LogP contribution < -0.4 is 14.8 Å². The molecule has 2 rings (SSSR count). The van der Waals surface area contributed by atoms with Crippen LogP contribution in [0.2, 0.25) is 0 Å². The molecule has 0 aliphatic rings. The summed E-state index contributed by atoms with van der Waals surface area (Å²) in [6, 6.07) is 11.9. The van der Waals surface area contributed by atoms with Gasteiger partial charge in [-0.25, -0.2) is 0 Å². The summed E-state index contributed by atoms with van der Waals surface area (Å²) in [7, 11) is 1.41. The summed E-state index contributed by atoms with van der Waals surface area (Å²) in [5.74, 6) is 0.248. The van der Waals surface area contributed by atoms with Crippen molar-refractivity contribution >= 4 is 33.6 Å². The number of carbonyl (C=O) groups excluding carboxylic acids is 1. The number of phenolic OH excluding ortho intramolecular Hbond substituents is 1. The molecule has 0 atom stereocenters. The molecule has 0 saturated heterocycles. The number of hydrogen-bond donors (Lipinski definition) is 2. The Morgan fingerprint density at radius 1 is 1.38 bits per heavy atom. The molecule has 0 fully saturated rings. The first-order valence-corrected chi connectivity index (χ1v) is 8.50. The molecule has 0 spiro atoms. The van der Waals surface area contributed by atoms with Crippen molar-refractivity contribution in [1.82, 2.24) is 0 Å². The number of rotatable bonds is 6. The summed E-state index contributed by atoms with van der Waals surface area (Å²) in [5.41, 5.74) is 0.958.